The predicted octanol–water partition coefficient (Wildman–Crippen LogP) is 2.08. The molecule has 0 saturated carbocycles. The van der Waals surface area contributed by atoms with Crippen LogP contribution in [-0.4, -0.2) is 33.9 Å². The lowest BCUT2D eigenvalue weighted by Crippen LogP contribution is -2.26. The van der Waals surface area contributed by atoms with Crippen molar-refractivity contribution in [1.82, 2.24) is 5.32 Å². The van der Waals surface area contributed by atoms with Gasteiger partial charge in [0.1, 0.15) is 11.5 Å². The molecule has 0 radical (unpaired) electrons. The molecular formula is C10H10F3NO3S. The largest absolute Gasteiger partial charge is 0.508 e. The molecule has 0 heterocycles. The van der Waals surface area contributed by atoms with E-state index in [1.807, 2.05) is 0 Å². The number of halogens is 3. The fourth-order valence-electron chi connectivity index (χ4n) is 1.16. The van der Waals surface area contributed by atoms with Gasteiger partial charge >= 0.3 is 5.51 Å². The zero-order chi connectivity index (χ0) is 13.8. The Morgan fingerprint density at radius 2 is 1.78 bits per heavy atom. The van der Waals surface area contributed by atoms with E-state index in [0.717, 1.165) is 18.2 Å². The predicted molar refractivity (Wildman–Crippen MR) is 60.6 cm³/mol. The quantitative estimate of drug-likeness (QED) is 0.739. The molecule has 8 heteroatoms. The van der Waals surface area contributed by atoms with Gasteiger partial charge in [-0.15, -0.1) is 0 Å². The van der Waals surface area contributed by atoms with Gasteiger partial charge in [0.25, 0.3) is 5.91 Å². The van der Waals surface area contributed by atoms with Crippen molar-refractivity contribution in [3.63, 3.8) is 0 Å². The van der Waals surface area contributed by atoms with E-state index in [1.54, 1.807) is 0 Å². The average molecular weight is 281 g/mol. The minimum absolute atomic E-state index is 0.0236. The maximum atomic E-state index is 11.8. The number of carbonyl (C=O) groups is 1. The minimum Gasteiger partial charge on any atom is -0.508 e. The molecule has 1 rings (SSSR count). The van der Waals surface area contributed by atoms with Gasteiger partial charge in [0.2, 0.25) is 0 Å². The molecule has 1 amide bonds. The summed E-state index contributed by atoms with van der Waals surface area (Å²) in [5.41, 5.74) is -4.35. The smallest absolute Gasteiger partial charge is 0.441 e. The van der Waals surface area contributed by atoms with Gasteiger partial charge in [-0.3, -0.25) is 4.79 Å². The number of hydrogen-bond donors (Lipinski definition) is 3. The maximum Gasteiger partial charge on any atom is 0.441 e. The van der Waals surface area contributed by atoms with Crippen LogP contribution in [-0.2, 0) is 0 Å². The Morgan fingerprint density at radius 3 is 2.28 bits per heavy atom. The number of amides is 1. The van der Waals surface area contributed by atoms with E-state index in [1.165, 1.54) is 0 Å². The summed E-state index contributed by atoms with van der Waals surface area (Å²) >= 11 is -0.236. The Hall–Kier alpha value is -1.57. The van der Waals surface area contributed by atoms with Crippen LogP contribution in [0.2, 0.25) is 0 Å². The highest BCUT2D eigenvalue weighted by Crippen LogP contribution is 2.29. The molecule has 1 aromatic carbocycles. The monoisotopic (exact) mass is 281 g/mol. The fourth-order valence-corrected chi connectivity index (χ4v) is 1.60. The molecule has 18 heavy (non-hydrogen) atoms. The van der Waals surface area contributed by atoms with E-state index in [-0.39, 0.29) is 41.1 Å². The summed E-state index contributed by atoms with van der Waals surface area (Å²) in [6.45, 7) is -0.167. The molecule has 0 unspecified atom stereocenters. The number of phenolic OH excluding ortho intramolecular Hbond substituents is 2. The molecule has 0 saturated heterocycles. The van der Waals surface area contributed by atoms with Crippen LogP contribution in [0, 0.1) is 0 Å². The second-order valence-corrected chi connectivity index (χ2v) is 4.45. The first-order chi connectivity index (χ1) is 8.28. The topological polar surface area (TPSA) is 69.6 Å². The van der Waals surface area contributed by atoms with E-state index in [4.69, 9.17) is 10.2 Å². The second-order valence-electron chi connectivity index (χ2n) is 3.29. The Morgan fingerprint density at radius 1 is 1.22 bits per heavy atom. The van der Waals surface area contributed by atoms with Crippen LogP contribution < -0.4 is 5.32 Å². The summed E-state index contributed by atoms with van der Waals surface area (Å²) < 4.78 is 35.4. The van der Waals surface area contributed by atoms with Gasteiger partial charge in [0.05, 0.1) is 0 Å². The Labute approximate surface area is 105 Å². The van der Waals surface area contributed by atoms with Crippen molar-refractivity contribution in [2.24, 2.45) is 0 Å². The summed E-state index contributed by atoms with van der Waals surface area (Å²) in [5, 5.41) is 20.5. The standard InChI is InChI=1S/C10H10F3NO3S/c11-10(12,13)18-2-1-14-9(17)6-3-7(15)5-8(16)4-6/h3-5,15-16H,1-2H2,(H,14,17). The summed E-state index contributed by atoms with van der Waals surface area (Å²) in [7, 11) is 0. The lowest BCUT2D eigenvalue weighted by atomic mass is 10.2. The zero-order valence-corrected chi connectivity index (χ0v) is 9.81. The number of hydrogen-bond acceptors (Lipinski definition) is 4. The molecule has 0 atom stereocenters. The average Bonchev–Trinajstić information content (AvgIpc) is 2.21. The number of phenols is 2. The summed E-state index contributed by atoms with van der Waals surface area (Å²) in [6.07, 6.45) is 0. The number of rotatable bonds is 4. The molecular weight excluding hydrogens is 271 g/mol. The van der Waals surface area contributed by atoms with Crippen LogP contribution in [0.1, 0.15) is 10.4 Å². The van der Waals surface area contributed by atoms with Gasteiger partial charge in [-0.2, -0.15) is 13.2 Å². The van der Waals surface area contributed by atoms with Crippen molar-refractivity contribution in [1.29, 1.82) is 0 Å². The number of benzene rings is 1. The van der Waals surface area contributed by atoms with Crippen molar-refractivity contribution in [3.05, 3.63) is 23.8 Å². The van der Waals surface area contributed by atoms with Crippen molar-refractivity contribution in [2.45, 2.75) is 5.51 Å². The highest BCUT2D eigenvalue weighted by Gasteiger charge is 2.27. The summed E-state index contributed by atoms with van der Waals surface area (Å²) in [5.74, 6) is -1.57. The van der Waals surface area contributed by atoms with Gasteiger partial charge in [0, 0.05) is 23.9 Å². The number of nitrogens with one attached hydrogen (secondary N) is 1. The third-order valence-electron chi connectivity index (χ3n) is 1.82. The molecule has 3 N–H and O–H groups in total. The summed E-state index contributed by atoms with van der Waals surface area (Å²) in [4.78, 5) is 11.4. The van der Waals surface area contributed by atoms with E-state index in [2.05, 4.69) is 5.32 Å². The second kappa shape index (κ2) is 5.85. The maximum absolute atomic E-state index is 11.8. The van der Waals surface area contributed by atoms with Crippen molar-refractivity contribution >= 4 is 17.7 Å². The van der Waals surface area contributed by atoms with Crippen molar-refractivity contribution < 1.29 is 28.2 Å². The van der Waals surface area contributed by atoms with Gasteiger partial charge in [0.15, 0.2) is 0 Å². The molecule has 1 aromatic rings. The van der Waals surface area contributed by atoms with E-state index < -0.39 is 11.4 Å². The minimum atomic E-state index is -4.33. The van der Waals surface area contributed by atoms with Gasteiger partial charge in [-0.1, -0.05) is 0 Å². The first-order valence-electron chi connectivity index (χ1n) is 4.80. The molecule has 0 spiro atoms. The van der Waals surface area contributed by atoms with Crippen molar-refractivity contribution in [3.8, 4) is 11.5 Å². The zero-order valence-electron chi connectivity index (χ0n) is 8.99. The number of carbonyl (C=O) groups excluding carboxylic acids is 1. The fraction of sp³-hybridized carbons (Fsp3) is 0.300. The van der Waals surface area contributed by atoms with E-state index >= 15 is 0 Å². The Kier molecular flexibility index (Phi) is 4.71. The van der Waals surface area contributed by atoms with Crippen molar-refractivity contribution in [2.75, 3.05) is 12.3 Å². The van der Waals surface area contributed by atoms with Crippen LogP contribution in [0.5, 0.6) is 11.5 Å². The normalized spacial score (nSPS) is 11.3. The van der Waals surface area contributed by atoms with E-state index in [0.29, 0.717) is 0 Å². The highest BCUT2D eigenvalue weighted by atomic mass is 32.2. The van der Waals surface area contributed by atoms with Gasteiger partial charge < -0.3 is 15.5 Å². The van der Waals surface area contributed by atoms with Crippen LogP contribution in [0.4, 0.5) is 13.2 Å². The third-order valence-corrected chi connectivity index (χ3v) is 2.55. The number of thioether (sulfide) groups is 1. The molecule has 0 fully saturated rings. The van der Waals surface area contributed by atoms with Crippen LogP contribution in [0.15, 0.2) is 18.2 Å². The molecule has 0 bridgehead atoms. The first kappa shape index (κ1) is 14.5. The Bertz CT molecular complexity index is 417. The van der Waals surface area contributed by atoms with Gasteiger partial charge in [-0.05, 0) is 23.9 Å². The van der Waals surface area contributed by atoms with E-state index in [9.17, 15) is 18.0 Å². The van der Waals surface area contributed by atoms with Gasteiger partial charge in [-0.25, -0.2) is 0 Å². The van der Waals surface area contributed by atoms with Crippen LogP contribution >= 0.6 is 11.8 Å². The molecule has 0 aromatic heterocycles. The first-order valence-corrected chi connectivity index (χ1v) is 5.78. The molecule has 100 valence electrons. The lowest BCUT2D eigenvalue weighted by Gasteiger charge is -2.07. The molecule has 4 nitrogen and oxygen atoms in total. The van der Waals surface area contributed by atoms with Crippen LogP contribution in [0.3, 0.4) is 0 Å². The molecule has 0 aliphatic carbocycles. The number of aromatic hydroxyl groups is 2. The summed E-state index contributed by atoms with van der Waals surface area (Å²) in [6, 6.07) is 3.24. The van der Waals surface area contributed by atoms with Crippen LogP contribution in [0.25, 0.3) is 0 Å². The number of alkyl halides is 3. The molecule has 0 aliphatic rings. The third kappa shape index (κ3) is 5.17. The Balaban J connectivity index is 2.46. The SMILES string of the molecule is O=C(NCCSC(F)(F)F)c1cc(O)cc(O)c1. The lowest BCUT2D eigenvalue weighted by molar-refractivity contribution is -0.0327. The molecule has 0 aliphatic heterocycles. The highest BCUT2D eigenvalue weighted by molar-refractivity contribution is 8.00.